The monoisotopic (exact) mass is 231 g/mol. The summed E-state index contributed by atoms with van der Waals surface area (Å²) in [6, 6.07) is 8.40. The molecule has 3 atom stereocenters. The van der Waals surface area contributed by atoms with Crippen molar-refractivity contribution in [2.75, 3.05) is 6.61 Å². The third kappa shape index (κ3) is 2.06. The average Bonchev–Trinajstić information content (AvgIpc) is 2.96. The van der Waals surface area contributed by atoms with Crippen molar-refractivity contribution < 1.29 is 4.74 Å². The molecule has 3 unspecified atom stereocenters. The van der Waals surface area contributed by atoms with Crippen LogP contribution in [-0.4, -0.2) is 6.61 Å². The van der Waals surface area contributed by atoms with E-state index in [2.05, 4.69) is 12.1 Å². The van der Waals surface area contributed by atoms with E-state index >= 15 is 0 Å². The lowest BCUT2D eigenvalue weighted by Gasteiger charge is -2.23. The lowest BCUT2D eigenvalue weighted by atomic mass is 9.89. The maximum atomic E-state index is 6.43. The number of fused-ring (bicyclic) bond motifs is 1. The fraction of sp³-hybridized carbons (Fsp3) is 0.600. The van der Waals surface area contributed by atoms with Gasteiger partial charge in [-0.05, 0) is 50.0 Å². The smallest absolute Gasteiger partial charge is 0.124 e. The molecule has 0 amide bonds. The van der Waals surface area contributed by atoms with E-state index in [0.717, 1.165) is 17.6 Å². The number of nitrogens with two attached hydrogens (primary N) is 1. The molecule has 0 aliphatic heterocycles. The molecule has 2 nitrogen and oxygen atoms in total. The third-order valence-corrected chi connectivity index (χ3v) is 4.37. The van der Waals surface area contributed by atoms with Gasteiger partial charge in [-0.2, -0.15) is 0 Å². The summed E-state index contributed by atoms with van der Waals surface area (Å²) >= 11 is 0. The van der Waals surface area contributed by atoms with Crippen LogP contribution in [0, 0.1) is 17.8 Å². The van der Waals surface area contributed by atoms with Crippen LogP contribution in [0.4, 0.5) is 0 Å². The van der Waals surface area contributed by atoms with Crippen LogP contribution >= 0.6 is 0 Å². The molecule has 0 spiro atoms. The van der Waals surface area contributed by atoms with Crippen LogP contribution in [0.25, 0.3) is 0 Å². The lowest BCUT2D eigenvalue weighted by molar-refractivity contribution is 0.324. The van der Waals surface area contributed by atoms with Crippen LogP contribution in [-0.2, 0) is 0 Å². The molecular formula is C15H21NO. The number of ether oxygens (including phenoxy) is 1. The topological polar surface area (TPSA) is 35.2 Å². The van der Waals surface area contributed by atoms with Crippen molar-refractivity contribution in [1.82, 2.24) is 0 Å². The molecule has 3 rings (SSSR count). The zero-order chi connectivity index (χ0) is 11.8. The number of hydrogen-bond acceptors (Lipinski definition) is 2. The molecule has 1 aromatic rings. The molecule has 2 aliphatic carbocycles. The van der Waals surface area contributed by atoms with Crippen molar-refractivity contribution in [3.63, 3.8) is 0 Å². The summed E-state index contributed by atoms with van der Waals surface area (Å²) in [6.45, 7) is 2.73. The van der Waals surface area contributed by atoms with Crippen LogP contribution < -0.4 is 10.5 Å². The average molecular weight is 231 g/mol. The summed E-state index contributed by atoms with van der Waals surface area (Å²) in [5.74, 6) is 3.62. The maximum absolute atomic E-state index is 6.43. The number of benzene rings is 1. The Kier molecular flexibility index (Phi) is 2.83. The van der Waals surface area contributed by atoms with Crippen LogP contribution in [0.3, 0.4) is 0 Å². The highest BCUT2D eigenvalue weighted by Crippen LogP contribution is 2.57. The van der Waals surface area contributed by atoms with E-state index in [1.807, 2.05) is 19.1 Å². The summed E-state index contributed by atoms with van der Waals surface area (Å²) < 4.78 is 5.68. The molecule has 0 aromatic heterocycles. The molecule has 1 aromatic carbocycles. The Morgan fingerprint density at radius 3 is 2.65 bits per heavy atom. The van der Waals surface area contributed by atoms with E-state index in [1.165, 1.54) is 24.8 Å². The summed E-state index contributed by atoms with van der Waals surface area (Å²) in [7, 11) is 0. The van der Waals surface area contributed by atoms with Gasteiger partial charge < -0.3 is 10.5 Å². The van der Waals surface area contributed by atoms with Gasteiger partial charge in [-0.1, -0.05) is 18.2 Å². The van der Waals surface area contributed by atoms with Crippen molar-refractivity contribution in [3.8, 4) is 5.75 Å². The van der Waals surface area contributed by atoms with E-state index in [9.17, 15) is 0 Å². The first-order chi connectivity index (χ1) is 8.29. The van der Waals surface area contributed by atoms with Crippen molar-refractivity contribution in [2.24, 2.45) is 23.5 Å². The summed E-state index contributed by atoms with van der Waals surface area (Å²) in [6.07, 6.45) is 4.11. The minimum absolute atomic E-state index is 0.158. The van der Waals surface area contributed by atoms with E-state index in [1.54, 1.807) is 0 Å². The Balaban J connectivity index is 1.77. The first-order valence-corrected chi connectivity index (χ1v) is 6.77. The Morgan fingerprint density at radius 1 is 1.24 bits per heavy atom. The van der Waals surface area contributed by atoms with Crippen molar-refractivity contribution in [1.29, 1.82) is 0 Å². The standard InChI is InChI=1S/C15H21NO/c1-2-17-14-6-4-3-5-13(14)15(16)12-8-10-7-11(10)9-12/h3-6,10-12,15H,2,7-9,16H2,1H3. The molecule has 0 radical (unpaired) electrons. The van der Waals surface area contributed by atoms with Gasteiger partial charge in [0.05, 0.1) is 6.61 Å². The van der Waals surface area contributed by atoms with Crippen LogP contribution in [0.1, 0.15) is 37.8 Å². The minimum Gasteiger partial charge on any atom is -0.494 e. The predicted octanol–water partition coefficient (Wildman–Crippen LogP) is 3.13. The quantitative estimate of drug-likeness (QED) is 0.864. The van der Waals surface area contributed by atoms with Crippen molar-refractivity contribution in [2.45, 2.75) is 32.2 Å². The number of rotatable bonds is 4. The molecule has 0 bridgehead atoms. The Bertz CT molecular complexity index is 394. The lowest BCUT2D eigenvalue weighted by Crippen LogP contribution is -2.21. The first kappa shape index (κ1) is 11.1. The van der Waals surface area contributed by atoms with Gasteiger partial charge in [0.1, 0.15) is 5.75 Å². The molecule has 0 saturated heterocycles. The number of hydrogen-bond donors (Lipinski definition) is 1. The van der Waals surface area contributed by atoms with Gasteiger partial charge in [0.2, 0.25) is 0 Å². The second-order valence-corrected chi connectivity index (χ2v) is 5.48. The Labute approximate surface area is 103 Å². The minimum atomic E-state index is 0.158. The van der Waals surface area contributed by atoms with E-state index in [4.69, 9.17) is 10.5 Å². The van der Waals surface area contributed by atoms with Gasteiger partial charge in [-0.3, -0.25) is 0 Å². The molecule has 2 saturated carbocycles. The van der Waals surface area contributed by atoms with Crippen molar-refractivity contribution >= 4 is 0 Å². The molecule has 17 heavy (non-hydrogen) atoms. The zero-order valence-electron chi connectivity index (χ0n) is 10.4. The first-order valence-electron chi connectivity index (χ1n) is 6.77. The van der Waals surface area contributed by atoms with Gasteiger partial charge in [0.25, 0.3) is 0 Å². The van der Waals surface area contributed by atoms with Crippen LogP contribution in [0.5, 0.6) is 5.75 Å². The Hall–Kier alpha value is -1.02. The molecule has 2 fully saturated rings. The van der Waals surface area contributed by atoms with Crippen LogP contribution in [0.15, 0.2) is 24.3 Å². The van der Waals surface area contributed by atoms with Gasteiger partial charge in [0.15, 0.2) is 0 Å². The molecule has 92 valence electrons. The van der Waals surface area contributed by atoms with Crippen molar-refractivity contribution in [3.05, 3.63) is 29.8 Å². The van der Waals surface area contributed by atoms with Crippen LogP contribution in [0.2, 0.25) is 0 Å². The van der Waals surface area contributed by atoms with E-state index in [0.29, 0.717) is 12.5 Å². The van der Waals surface area contributed by atoms with E-state index in [-0.39, 0.29) is 6.04 Å². The van der Waals surface area contributed by atoms with E-state index < -0.39 is 0 Å². The Morgan fingerprint density at radius 2 is 1.94 bits per heavy atom. The largest absolute Gasteiger partial charge is 0.494 e. The van der Waals surface area contributed by atoms with Gasteiger partial charge in [0, 0.05) is 11.6 Å². The highest BCUT2D eigenvalue weighted by molar-refractivity contribution is 5.36. The number of para-hydroxylation sites is 1. The fourth-order valence-corrected chi connectivity index (χ4v) is 3.35. The van der Waals surface area contributed by atoms with Gasteiger partial charge in [-0.15, -0.1) is 0 Å². The summed E-state index contributed by atoms with van der Waals surface area (Å²) in [4.78, 5) is 0. The second-order valence-electron chi connectivity index (χ2n) is 5.48. The third-order valence-electron chi connectivity index (χ3n) is 4.37. The summed E-state index contributed by atoms with van der Waals surface area (Å²) in [5, 5.41) is 0. The molecule has 2 heteroatoms. The highest BCUT2D eigenvalue weighted by Gasteiger charge is 2.47. The maximum Gasteiger partial charge on any atom is 0.124 e. The van der Waals surface area contributed by atoms with Gasteiger partial charge >= 0.3 is 0 Å². The predicted molar refractivity (Wildman–Crippen MR) is 68.9 cm³/mol. The molecular weight excluding hydrogens is 210 g/mol. The van der Waals surface area contributed by atoms with Gasteiger partial charge in [-0.25, -0.2) is 0 Å². The fourth-order valence-electron chi connectivity index (χ4n) is 3.35. The normalized spacial score (nSPS) is 32.0. The molecule has 0 heterocycles. The SMILES string of the molecule is CCOc1ccccc1C(N)C1CC2CC2C1. The zero-order valence-corrected chi connectivity index (χ0v) is 10.4. The second kappa shape index (κ2) is 4.34. The highest BCUT2D eigenvalue weighted by atomic mass is 16.5. The molecule has 2 N–H and O–H groups in total. The molecule has 2 aliphatic rings. The summed E-state index contributed by atoms with van der Waals surface area (Å²) in [5.41, 5.74) is 7.63.